The Hall–Kier alpha value is -0.930. The van der Waals surface area contributed by atoms with Crippen LogP contribution >= 0.6 is 12.4 Å². The minimum Gasteiger partial charge on any atom is -0.490 e. The molecular formula is C10H16ClNO2. The highest BCUT2D eigenvalue weighted by Crippen LogP contribution is 2.25. The van der Waals surface area contributed by atoms with Crippen LogP contribution < -0.4 is 15.2 Å². The van der Waals surface area contributed by atoms with Crippen LogP contribution in [-0.2, 0) is 0 Å². The van der Waals surface area contributed by atoms with E-state index >= 15 is 0 Å². The molecule has 0 amide bonds. The van der Waals surface area contributed by atoms with Gasteiger partial charge in [0.15, 0.2) is 11.5 Å². The van der Waals surface area contributed by atoms with E-state index in [2.05, 4.69) is 0 Å². The topological polar surface area (TPSA) is 44.5 Å². The van der Waals surface area contributed by atoms with Crippen LogP contribution in [-0.4, -0.2) is 19.8 Å². The number of hydrogen-bond donors (Lipinski definition) is 1. The van der Waals surface area contributed by atoms with Crippen molar-refractivity contribution in [2.24, 2.45) is 5.73 Å². The van der Waals surface area contributed by atoms with Gasteiger partial charge in [0.25, 0.3) is 0 Å². The lowest BCUT2D eigenvalue weighted by Gasteiger charge is -2.10. The van der Waals surface area contributed by atoms with Crippen molar-refractivity contribution in [3.8, 4) is 11.5 Å². The van der Waals surface area contributed by atoms with E-state index in [1.807, 2.05) is 31.2 Å². The van der Waals surface area contributed by atoms with Gasteiger partial charge in [0, 0.05) is 6.54 Å². The Bertz CT molecular complexity index is 256. The van der Waals surface area contributed by atoms with Gasteiger partial charge in [-0.2, -0.15) is 0 Å². The van der Waals surface area contributed by atoms with Crippen molar-refractivity contribution in [1.82, 2.24) is 0 Å². The highest BCUT2D eigenvalue weighted by molar-refractivity contribution is 5.85. The Morgan fingerprint density at radius 2 is 1.71 bits per heavy atom. The van der Waals surface area contributed by atoms with Gasteiger partial charge in [0.1, 0.15) is 6.61 Å². The maximum absolute atomic E-state index is 5.39. The minimum atomic E-state index is 0. The van der Waals surface area contributed by atoms with Gasteiger partial charge in [-0.25, -0.2) is 0 Å². The second kappa shape index (κ2) is 7.47. The van der Waals surface area contributed by atoms with Gasteiger partial charge in [-0.3, -0.25) is 0 Å². The molecule has 0 aliphatic heterocycles. The van der Waals surface area contributed by atoms with E-state index in [-0.39, 0.29) is 12.4 Å². The second-order valence-electron chi connectivity index (χ2n) is 2.52. The number of nitrogens with two attached hydrogens (primary N) is 1. The minimum absolute atomic E-state index is 0. The Labute approximate surface area is 90.6 Å². The molecule has 0 atom stereocenters. The summed E-state index contributed by atoms with van der Waals surface area (Å²) in [6, 6.07) is 7.59. The SMILES string of the molecule is CCOc1ccccc1OCCN.Cl. The average molecular weight is 218 g/mol. The van der Waals surface area contributed by atoms with E-state index in [4.69, 9.17) is 15.2 Å². The summed E-state index contributed by atoms with van der Waals surface area (Å²) in [7, 11) is 0. The largest absolute Gasteiger partial charge is 0.490 e. The Balaban J connectivity index is 0.00000169. The van der Waals surface area contributed by atoms with E-state index in [1.165, 1.54) is 0 Å². The number of benzene rings is 1. The summed E-state index contributed by atoms with van der Waals surface area (Å²) in [5.74, 6) is 1.54. The maximum Gasteiger partial charge on any atom is 0.161 e. The number of hydrogen-bond acceptors (Lipinski definition) is 3. The van der Waals surface area contributed by atoms with Gasteiger partial charge in [-0.1, -0.05) is 12.1 Å². The Morgan fingerprint density at radius 1 is 1.14 bits per heavy atom. The average Bonchev–Trinajstić information content (AvgIpc) is 2.17. The van der Waals surface area contributed by atoms with Crippen LogP contribution in [0.5, 0.6) is 11.5 Å². The van der Waals surface area contributed by atoms with Crippen molar-refractivity contribution < 1.29 is 9.47 Å². The molecule has 1 rings (SSSR count). The second-order valence-corrected chi connectivity index (χ2v) is 2.52. The third kappa shape index (κ3) is 3.85. The summed E-state index contributed by atoms with van der Waals surface area (Å²) in [6.45, 7) is 3.62. The lowest BCUT2D eigenvalue weighted by Crippen LogP contribution is -2.11. The molecule has 1 aromatic rings. The summed E-state index contributed by atoms with van der Waals surface area (Å²) >= 11 is 0. The fourth-order valence-corrected chi connectivity index (χ4v) is 1.01. The highest BCUT2D eigenvalue weighted by Gasteiger charge is 2.01. The molecular weight excluding hydrogens is 202 g/mol. The van der Waals surface area contributed by atoms with Crippen LogP contribution in [0.1, 0.15) is 6.92 Å². The fourth-order valence-electron chi connectivity index (χ4n) is 1.01. The zero-order valence-electron chi connectivity index (χ0n) is 8.23. The third-order valence-corrected chi connectivity index (χ3v) is 1.52. The molecule has 0 aromatic heterocycles. The normalized spacial score (nSPS) is 9.00. The summed E-state index contributed by atoms with van der Waals surface area (Å²) in [6.07, 6.45) is 0. The molecule has 14 heavy (non-hydrogen) atoms. The maximum atomic E-state index is 5.39. The fraction of sp³-hybridized carbons (Fsp3) is 0.400. The monoisotopic (exact) mass is 217 g/mol. The molecule has 2 N–H and O–H groups in total. The predicted molar refractivity (Wildman–Crippen MR) is 59.4 cm³/mol. The lowest BCUT2D eigenvalue weighted by atomic mass is 10.3. The van der Waals surface area contributed by atoms with Gasteiger partial charge in [0.05, 0.1) is 6.61 Å². The van der Waals surface area contributed by atoms with Crippen LogP contribution in [0.4, 0.5) is 0 Å². The number of para-hydroxylation sites is 2. The van der Waals surface area contributed by atoms with E-state index < -0.39 is 0 Å². The molecule has 0 unspecified atom stereocenters. The zero-order valence-corrected chi connectivity index (χ0v) is 9.05. The van der Waals surface area contributed by atoms with Gasteiger partial charge in [-0.05, 0) is 19.1 Å². The molecule has 0 saturated carbocycles. The molecule has 0 bridgehead atoms. The van der Waals surface area contributed by atoms with Gasteiger partial charge < -0.3 is 15.2 Å². The molecule has 0 aliphatic rings. The Morgan fingerprint density at radius 3 is 2.21 bits per heavy atom. The van der Waals surface area contributed by atoms with Crippen molar-refractivity contribution >= 4 is 12.4 Å². The van der Waals surface area contributed by atoms with E-state index in [9.17, 15) is 0 Å². The first-order valence-corrected chi connectivity index (χ1v) is 4.43. The molecule has 0 heterocycles. The van der Waals surface area contributed by atoms with Crippen molar-refractivity contribution in [3.63, 3.8) is 0 Å². The number of halogens is 1. The van der Waals surface area contributed by atoms with E-state index in [0.717, 1.165) is 11.5 Å². The molecule has 0 fully saturated rings. The first-order chi connectivity index (χ1) is 6.38. The molecule has 1 aromatic carbocycles. The Kier molecular flexibility index (Phi) is 6.98. The summed E-state index contributed by atoms with van der Waals surface area (Å²) in [5.41, 5.74) is 5.33. The van der Waals surface area contributed by atoms with Crippen molar-refractivity contribution in [1.29, 1.82) is 0 Å². The predicted octanol–water partition coefficient (Wildman–Crippen LogP) is 1.84. The number of ether oxygens (including phenoxy) is 2. The molecule has 0 spiro atoms. The molecule has 0 aliphatic carbocycles. The first kappa shape index (κ1) is 13.1. The smallest absolute Gasteiger partial charge is 0.161 e. The first-order valence-electron chi connectivity index (χ1n) is 4.43. The number of rotatable bonds is 5. The third-order valence-electron chi connectivity index (χ3n) is 1.52. The van der Waals surface area contributed by atoms with Gasteiger partial charge in [0.2, 0.25) is 0 Å². The summed E-state index contributed by atoms with van der Waals surface area (Å²) in [4.78, 5) is 0. The van der Waals surface area contributed by atoms with Crippen molar-refractivity contribution in [2.45, 2.75) is 6.92 Å². The van der Waals surface area contributed by atoms with Crippen molar-refractivity contribution in [3.05, 3.63) is 24.3 Å². The van der Waals surface area contributed by atoms with E-state index in [0.29, 0.717) is 19.8 Å². The lowest BCUT2D eigenvalue weighted by molar-refractivity contribution is 0.282. The van der Waals surface area contributed by atoms with Gasteiger partial charge in [-0.15, -0.1) is 12.4 Å². The van der Waals surface area contributed by atoms with Gasteiger partial charge >= 0.3 is 0 Å². The molecule has 0 radical (unpaired) electrons. The molecule has 4 heteroatoms. The van der Waals surface area contributed by atoms with Crippen LogP contribution in [0.3, 0.4) is 0 Å². The van der Waals surface area contributed by atoms with Crippen LogP contribution in [0.2, 0.25) is 0 Å². The molecule has 80 valence electrons. The quantitative estimate of drug-likeness (QED) is 0.819. The zero-order chi connectivity index (χ0) is 9.52. The molecule has 0 saturated heterocycles. The standard InChI is InChI=1S/C10H15NO2.ClH/c1-2-12-9-5-3-4-6-10(9)13-8-7-11;/h3-6H,2,7-8,11H2,1H3;1H. The van der Waals surface area contributed by atoms with Crippen LogP contribution in [0.15, 0.2) is 24.3 Å². The van der Waals surface area contributed by atoms with Crippen LogP contribution in [0, 0.1) is 0 Å². The van der Waals surface area contributed by atoms with Crippen LogP contribution in [0.25, 0.3) is 0 Å². The highest BCUT2D eigenvalue weighted by atomic mass is 35.5. The summed E-state index contributed by atoms with van der Waals surface area (Å²) in [5, 5.41) is 0. The summed E-state index contributed by atoms with van der Waals surface area (Å²) < 4.78 is 10.8. The van der Waals surface area contributed by atoms with E-state index in [1.54, 1.807) is 0 Å². The molecule has 3 nitrogen and oxygen atoms in total. The van der Waals surface area contributed by atoms with Crippen molar-refractivity contribution in [2.75, 3.05) is 19.8 Å².